The van der Waals surface area contributed by atoms with E-state index in [0.29, 0.717) is 5.92 Å². The van der Waals surface area contributed by atoms with Crippen LogP contribution >= 0.6 is 0 Å². The molecule has 3 rings (SSSR count). The van der Waals surface area contributed by atoms with Crippen LogP contribution in [0.2, 0.25) is 39.3 Å². The first kappa shape index (κ1) is 27.4. The maximum atomic E-state index is 5.22. The molecule has 0 aliphatic heterocycles. The molecule has 0 amide bonds. The Balaban J connectivity index is 1.59. The fraction of sp³-hybridized carbons (Fsp3) is 0.517. The summed E-state index contributed by atoms with van der Waals surface area (Å²) < 4.78 is 4.81. The van der Waals surface area contributed by atoms with Crippen molar-refractivity contribution < 1.29 is 0 Å². The summed E-state index contributed by atoms with van der Waals surface area (Å²) in [6.07, 6.45) is 5.79. The molecule has 0 bridgehead atoms. The number of rotatable bonds is 10. The number of benzene rings is 2. The molecule has 4 nitrogen and oxygen atoms in total. The van der Waals surface area contributed by atoms with Gasteiger partial charge in [0, 0.05) is 11.4 Å². The molecule has 0 unspecified atom stereocenters. The molecule has 0 aromatic heterocycles. The lowest BCUT2D eigenvalue weighted by Crippen LogP contribution is -2.42. The van der Waals surface area contributed by atoms with Gasteiger partial charge in [-0.25, -0.2) is 0 Å². The molecule has 0 heterocycles. The van der Waals surface area contributed by atoms with E-state index in [9.17, 15) is 0 Å². The maximum Gasteiger partial charge on any atom is 0.169 e. The van der Waals surface area contributed by atoms with E-state index in [0.717, 1.165) is 32.4 Å². The minimum Gasteiger partial charge on any atom is -0.320 e. The van der Waals surface area contributed by atoms with E-state index in [1.165, 1.54) is 35.4 Å². The Morgan fingerprint density at radius 1 is 0.743 bits per heavy atom. The van der Waals surface area contributed by atoms with Crippen molar-refractivity contribution in [2.45, 2.75) is 91.4 Å². The highest BCUT2D eigenvalue weighted by Gasteiger charge is 2.26. The van der Waals surface area contributed by atoms with Crippen LogP contribution in [-0.2, 0) is 13.1 Å². The molecule has 1 aliphatic rings. The summed E-state index contributed by atoms with van der Waals surface area (Å²) in [5.41, 5.74) is 5.36. The summed E-state index contributed by atoms with van der Waals surface area (Å²) in [6, 6.07) is 21.5. The molecule has 6 heteroatoms. The van der Waals surface area contributed by atoms with Crippen molar-refractivity contribution in [3.8, 4) is 0 Å². The zero-order valence-electron chi connectivity index (χ0n) is 23.1. The highest BCUT2D eigenvalue weighted by Crippen LogP contribution is 2.28. The molecule has 1 aliphatic carbocycles. The molecule has 0 radical (unpaired) electrons. The third kappa shape index (κ3) is 9.08. The van der Waals surface area contributed by atoms with E-state index in [-0.39, 0.29) is 0 Å². The normalized spacial score (nSPS) is 17.3. The van der Waals surface area contributed by atoms with Crippen LogP contribution < -0.4 is 0 Å². The second-order valence-electron chi connectivity index (χ2n) is 12.1. The topological polar surface area (TPSA) is 31.2 Å². The summed E-state index contributed by atoms with van der Waals surface area (Å²) in [5.74, 6) is 0.715. The standard InChI is InChI=1S/C29H46N4Si2/c1-25(30-32(34(2,3)4)23-27-14-10-8-11-15-27)22-26-18-20-29(21-19-26)31-33(35(5,6)7)24-28-16-12-9-13-17-28/h8-17,26H,18-24H2,1-7H3. The third-order valence-corrected chi connectivity index (χ3v) is 10.3. The van der Waals surface area contributed by atoms with Crippen molar-refractivity contribution in [3.63, 3.8) is 0 Å². The average Bonchev–Trinajstić information content (AvgIpc) is 2.79. The number of hydrazone groups is 2. The smallest absolute Gasteiger partial charge is 0.169 e. The molecule has 1 fully saturated rings. The van der Waals surface area contributed by atoms with Gasteiger partial charge in [0.1, 0.15) is 0 Å². The third-order valence-electron chi connectivity index (χ3n) is 6.72. The van der Waals surface area contributed by atoms with Crippen LogP contribution in [0.3, 0.4) is 0 Å². The van der Waals surface area contributed by atoms with Gasteiger partial charge in [0.05, 0.1) is 13.1 Å². The Labute approximate surface area is 216 Å². The lowest BCUT2D eigenvalue weighted by Gasteiger charge is -2.34. The molecular formula is C29H46N4Si2. The summed E-state index contributed by atoms with van der Waals surface area (Å²) in [5, 5.41) is 10.4. The van der Waals surface area contributed by atoms with Crippen molar-refractivity contribution in [2.75, 3.05) is 0 Å². The van der Waals surface area contributed by atoms with Gasteiger partial charge in [-0.15, -0.1) is 0 Å². The van der Waals surface area contributed by atoms with Crippen molar-refractivity contribution in [1.82, 2.24) is 9.35 Å². The monoisotopic (exact) mass is 506 g/mol. The molecule has 1 saturated carbocycles. The van der Waals surface area contributed by atoms with Crippen LogP contribution in [-0.4, -0.2) is 37.2 Å². The largest absolute Gasteiger partial charge is 0.320 e. The second-order valence-corrected chi connectivity index (χ2v) is 21.8. The lowest BCUT2D eigenvalue weighted by molar-refractivity contribution is 0.412. The van der Waals surface area contributed by atoms with E-state index >= 15 is 0 Å². The molecule has 0 atom stereocenters. The number of nitrogens with zero attached hydrogens (tertiary/aromatic N) is 4. The molecule has 2 aromatic carbocycles. The Morgan fingerprint density at radius 2 is 1.20 bits per heavy atom. The van der Waals surface area contributed by atoms with E-state index in [4.69, 9.17) is 10.2 Å². The van der Waals surface area contributed by atoms with Gasteiger partial charge in [0.2, 0.25) is 0 Å². The van der Waals surface area contributed by atoms with Gasteiger partial charge in [0.15, 0.2) is 16.5 Å². The summed E-state index contributed by atoms with van der Waals surface area (Å²) >= 11 is 0. The van der Waals surface area contributed by atoms with E-state index in [2.05, 4.69) is 116 Å². The lowest BCUT2D eigenvalue weighted by atomic mass is 9.85. The van der Waals surface area contributed by atoms with Crippen LogP contribution in [0.25, 0.3) is 0 Å². The van der Waals surface area contributed by atoms with Gasteiger partial charge in [-0.2, -0.15) is 10.2 Å². The van der Waals surface area contributed by atoms with Crippen LogP contribution in [0, 0.1) is 5.92 Å². The SMILES string of the molecule is CC(CC1CCC(=NN(Cc2ccccc2)[Si](C)(C)C)CC1)=NN(Cc1ccccc1)[Si](C)(C)C. The van der Waals surface area contributed by atoms with Gasteiger partial charge in [-0.1, -0.05) is 99.9 Å². The van der Waals surface area contributed by atoms with Gasteiger partial charge in [-0.3, -0.25) is 0 Å². The van der Waals surface area contributed by atoms with Crippen molar-refractivity contribution in [3.05, 3.63) is 71.8 Å². The van der Waals surface area contributed by atoms with Gasteiger partial charge in [-0.05, 0) is 56.1 Å². The quantitative estimate of drug-likeness (QED) is 0.186. The van der Waals surface area contributed by atoms with Crippen molar-refractivity contribution >= 4 is 27.9 Å². The zero-order chi connectivity index (χ0) is 25.5. The Hall–Kier alpha value is -2.19. The minimum atomic E-state index is -1.55. The predicted octanol–water partition coefficient (Wildman–Crippen LogP) is 7.97. The molecule has 0 spiro atoms. The number of hydrogen-bond acceptors (Lipinski definition) is 4. The minimum absolute atomic E-state index is 0.715. The molecule has 35 heavy (non-hydrogen) atoms. The summed E-state index contributed by atoms with van der Waals surface area (Å²) in [7, 11) is -3.09. The molecule has 0 N–H and O–H groups in total. The first-order chi connectivity index (χ1) is 16.5. The van der Waals surface area contributed by atoms with Crippen molar-refractivity contribution in [2.24, 2.45) is 16.1 Å². The fourth-order valence-electron chi connectivity index (χ4n) is 4.51. The summed E-state index contributed by atoms with van der Waals surface area (Å²) in [4.78, 5) is 0. The van der Waals surface area contributed by atoms with Crippen molar-refractivity contribution in [1.29, 1.82) is 0 Å². The molecule has 0 saturated heterocycles. The second kappa shape index (κ2) is 12.2. The first-order valence-corrected chi connectivity index (χ1v) is 20.1. The van der Waals surface area contributed by atoms with Crippen LogP contribution in [0.5, 0.6) is 0 Å². The highest BCUT2D eigenvalue weighted by atomic mass is 28.3. The molecule has 2 aromatic rings. The van der Waals surface area contributed by atoms with E-state index in [1.807, 2.05) is 0 Å². The fourth-order valence-corrected chi connectivity index (χ4v) is 6.73. The Kier molecular flexibility index (Phi) is 9.53. The number of hydrogen-bond donors (Lipinski definition) is 0. The predicted molar refractivity (Wildman–Crippen MR) is 158 cm³/mol. The van der Waals surface area contributed by atoms with Gasteiger partial charge >= 0.3 is 0 Å². The van der Waals surface area contributed by atoms with Gasteiger partial charge < -0.3 is 9.35 Å². The average molecular weight is 507 g/mol. The van der Waals surface area contributed by atoms with Crippen LogP contribution in [0.15, 0.2) is 70.9 Å². The maximum absolute atomic E-state index is 5.22. The molecule has 190 valence electrons. The Bertz CT molecular complexity index is 965. The first-order valence-electron chi connectivity index (χ1n) is 13.2. The highest BCUT2D eigenvalue weighted by molar-refractivity contribution is 6.73. The van der Waals surface area contributed by atoms with Crippen LogP contribution in [0.4, 0.5) is 0 Å². The Morgan fingerprint density at radius 3 is 1.66 bits per heavy atom. The summed E-state index contributed by atoms with van der Waals surface area (Å²) in [6.45, 7) is 18.4. The van der Waals surface area contributed by atoms with Gasteiger partial charge in [0.25, 0.3) is 0 Å². The molecular weight excluding hydrogens is 461 g/mol. The van der Waals surface area contributed by atoms with E-state index in [1.54, 1.807) is 0 Å². The zero-order valence-corrected chi connectivity index (χ0v) is 25.1. The van der Waals surface area contributed by atoms with E-state index < -0.39 is 16.5 Å². The van der Waals surface area contributed by atoms with Crippen LogP contribution in [0.1, 0.15) is 50.2 Å².